The fraction of sp³-hybridized carbons (Fsp3) is 0.909. The van der Waals surface area contributed by atoms with Gasteiger partial charge in [-0.1, -0.05) is 12.8 Å². The molecule has 0 bridgehead atoms. The summed E-state index contributed by atoms with van der Waals surface area (Å²) in [4.78, 5) is 11.1. The summed E-state index contributed by atoms with van der Waals surface area (Å²) in [6.07, 6.45) is 3.51. The second kappa shape index (κ2) is 7.06. The SMILES string of the molecule is CCOC(=O)CCS(=O)(=O)N[C@@H]1CCCC[C@H]1N. The van der Waals surface area contributed by atoms with Crippen molar-refractivity contribution >= 4 is 16.0 Å². The Balaban J connectivity index is 2.41. The molecule has 0 amide bonds. The maximum absolute atomic E-state index is 11.8. The summed E-state index contributed by atoms with van der Waals surface area (Å²) in [6, 6.07) is -0.331. The van der Waals surface area contributed by atoms with E-state index in [0.29, 0.717) is 0 Å². The topological polar surface area (TPSA) is 98.5 Å². The molecule has 0 aromatic carbocycles. The lowest BCUT2D eigenvalue weighted by Crippen LogP contribution is -2.49. The van der Waals surface area contributed by atoms with Crippen molar-refractivity contribution in [2.24, 2.45) is 5.73 Å². The highest BCUT2D eigenvalue weighted by atomic mass is 32.2. The number of nitrogens with two attached hydrogens (primary N) is 1. The molecule has 1 fully saturated rings. The molecular weight excluding hydrogens is 256 g/mol. The van der Waals surface area contributed by atoms with Gasteiger partial charge >= 0.3 is 5.97 Å². The van der Waals surface area contributed by atoms with E-state index in [4.69, 9.17) is 10.5 Å². The van der Waals surface area contributed by atoms with Gasteiger partial charge in [0.05, 0.1) is 18.8 Å². The molecule has 0 radical (unpaired) electrons. The van der Waals surface area contributed by atoms with Crippen LogP contribution in [0.1, 0.15) is 39.0 Å². The summed E-state index contributed by atoms with van der Waals surface area (Å²) in [7, 11) is -3.46. The third-order valence-electron chi connectivity index (χ3n) is 3.03. The molecule has 0 aromatic rings. The number of rotatable bonds is 6. The number of hydrogen-bond acceptors (Lipinski definition) is 5. The molecule has 18 heavy (non-hydrogen) atoms. The number of carbonyl (C=O) groups excluding carboxylic acids is 1. The summed E-state index contributed by atoms with van der Waals surface area (Å²) < 4.78 is 30.8. The standard InChI is InChI=1S/C11H22N2O4S/c1-2-17-11(14)7-8-18(15,16)13-10-6-4-3-5-9(10)12/h9-10,13H,2-8,12H2,1H3/t9-,10-/m1/s1. The minimum Gasteiger partial charge on any atom is -0.466 e. The first-order valence-electron chi connectivity index (χ1n) is 6.36. The van der Waals surface area contributed by atoms with Crippen molar-refractivity contribution in [3.63, 3.8) is 0 Å². The maximum Gasteiger partial charge on any atom is 0.306 e. The average molecular weight is 278 g/mol. The van der Waals surface area contributed by atoms with E-state index in [1.165, 1.54) is 0 Å². The van der Waals surface area contributed by atoms with E-state index in [1.54, 1.807) is 6.92 Å². The normalized spacial score (nSPS) is 24.8. The fourth-order valence-corrected chi connectivity index (χ4v) is 3.35. The van der Waals surface area contributed by atoms with Gasteiger partial charge in [-0.2, -0.15) is 0 Å². The molecule has 1 rings (SSSR count). The van der Waals surface area contributed by atoms with Crippen molar-refractivity contribution in [2.45, 2.75) is 51.1 Å². The van der Waals surface area contributed by atoms with E-state index in [2.05, 4.69) is 4.72 Å². The largest absolute Gasteiger partial charge is 0.466 e. The maximum atomic E-state index is 11.8. The van der Waals surface area contributed by atoms with Gasteiger partial charge in [-0.25, -0.2) is 13.1 Å². The molecule has 2 atom stereocenters. The lowest BCUT2D eigenvalue weighted by Gasteiger charge is -2.28. The number of carbonyl (C=O) groups is 1. The first kappa shape index (κ1) is 15.4. The van der Waals surface area contributed by atoms with E-state index in [1.807, 2.05) is 0 Å². The molecule has 0 saturated heterocycles. The van der Waals surface area contributed by atoms with Crippen LogP contribution in [-0.2, 0) is 19.6 Å². The number of hydrogen-bond donors (Lipinski definition) is 2. The third kappa shape index (κ3) is 5.32. The Morgan fingerprint density at radius 1 is 1.39 bits per heavy atom. The number of nitrogens with one attached hydrogen (secondary N) is 1. The van der Waals surface area contributed by atoms with Crippen LogP contribution in [0.4, 0.5) is 0 Å². The van der Waals surface area contributed by atoms with Gasteiger partial charge in [0.15, 0.2) is 0 Å². The number of ether oxygens (including phenoxy) is 1. The minimum atomic E-state index is -3.46. The smallest absolute Gasteiger partial charge is 0.306 e. The average Bonchev–Trinajstić information content (AvgIpc) is 2.30. The van der Waals surface area contributed by atoms with Crippen LogP contribution < -0.4 is 10.5 Å². The zero-order chi connectivity index (χ0) is 13.6. The summed E-state index contributed by atoms with van der Waals surface area (Å²) in [5.74, 6) is -0.731. The van der Waals surface area contributed by atoms with E-state index in [9.17, 15) is 13.2 Å². The first-order chi connectivity index (χ1) is 8.44. The highest BCUT2D eigenvalue weighted by molar-refractivity contribution is 7.89. The predicted octanol–water partition coefficient (Wildman–Crippen LogP) is 0.129. The Labute approximate surface area is 108 Å². The second-order valence-electron chi connectivity index (χ2n) is 4.55. The van der Waals surface area contributed by atoms with Gasteiger partial charge < -0.3 is 10.5 Å². The monoisotopic (exact) mass is 278 g/mol. The zero-order valence-corrected chi connectivity index (χ0v) is 11.5. The molecule has 7 heteroatoms. The molecule has 1 aliphatic carbocycles. The zero-order valence-electron chi connectivity index (χ0n) is 10.7. The fourth-order valence-electron chi connectivity index (χ4n) is 2.05. The van der Waals surface area contributed by atoms with E-state index >= 15 is 0 Å². The van der Waals surface area contributed by atoms with E-state index in [0.717, 1.165) is 25.7 Å². The van der Waals surface area contributed by atoms with Crippen LogP contribution in [-0.4, -0.2) is 38.8 Å². The van der Waals surface area contributed by atoms with Gasteiger partial charge in [0.25, 0.3) is 0 Å². The number of sulfonamides is 1. The second-order valence-corrected chi connectivity index (χ2v) is 6.42. The highest BCUT2D eigenvalue weighted by Crippen LogP contribution is 2.17. The van der Waals surface area contributed by atoms with E-state index < -0.39 is 16.0 Å². The molecule has 3 N–H and O–H groups in total. The number of esters is 1. The van der Waals surface area contributed by atoms with Crippen molar-refractivity contribution in [2.75, 3.05) is 12.4 Å². The van der Waals surface area contributed by atoms with Crippen LogP contribution in [0.2, 0.25) is 0 Å². The highest BCUT2D eigenvalue weighted by Gasteiger charge is 2.26. The van der Waals surface area contributed by atoms with Crippen LogP contribution in [0.25, 0.3) is 0 Å². The van der Waals surface area contributed by atoms with Crippen molar-refractivity contribution in [3.05, 3.63) is 0 Å². The Morgan fingerprint density at radius 2 is 2.06 bits per heavy atom. The molecule has 106 valence electrons. The molecule has 6 nitrogen and oxygen atoms in total. The van der Waals surface area contributed by atoms with Gasteiger partial charge in [0.1, 0.15) is 0 Å². The molecule has 1 aliphatic rings. The quantitative estimate of drug-likeness (QED) is 0.673. The summed E-state index contributed by atoms with van der Waals surface area (Å²) in [5.41, 5.74) is 5.87. The molecule has 0 heterocycles. The van der Waals surface area contributed by atoms with Gasteiger partial charge in [0.2, 0.25) is 10.0 Å². The third-order valence-corrected chi connectivity index (χ3v) is 4.43. The lowest BCUT2D eigenvalue weighted by molar-refractivity contribution is -0.142. The van der Waals surface area contributed by atoms with Crippen molar-refractivity contribution in [3.8, 4) is 0 Å². The summed E-state index contributed by atoms with van der Waals surface area (Å²) >= 11 is 0. The Kier molecular flexibility index (Phi) is 6.04. The van der Waals surface area contributed by atoms with Gasteiger partial charge in [0, 0.05) is 12.1 Å². The Bertz CT molecular complexity index is 369. The summed E-state index contributed by atoms with van der Waals surface area (Å²) in [5, 5.41) is 0. The van der Waals surface area contributed by atoms with Crippen LogP contribution >= 0.6 is 0 Å². The molecule has 0 spiro atoms. The van der Waals surface area contributed by atoms with Crippen LogP contribution in [0.15, 0.2) is 0 Å². The van der Waals surface area contributed by atoms with Gasteiger partial charge in [-0.3, -0.25) is 4.79 Å². The van der Waals surface area contributed by atoms with Crippen LogP contribution in [0.5, 0.6) is 0 Å². The molecule has 0 aliphatic heterocycles. The molecule has 0 aromatic heterocycles. The van der Waals surface area contributed by atoms with Crippen molar-refractivity contribution < 1.29 is 17.9 Å². The minimum absolute atomic E-state index is 0.120. The first-order valence-corrected chi connectivity index (χ1v) is 8.01. The predicted molar refractivity (Wildman–Crippen MR) is 68.4 cm³/mol. The molecule has 0 unspecified atom stereocenters. The van der Waals surface area contributed by atoms with Crippen molar-refractivity contribution in [1.29, 1.82) is 0 Å². The van der Waals surface area contributed by atoms with Gasteiger partial charge in [-0.15, -0.1) is 0 Å². The van der Waals surface area contributed by atoms with Crippen LogP contribution in [0.3, 0.4) is 0 Å². The Morgan fingerprint density at radius 3 is 2.67 bits per heavy atom. The Hall–Kier alpha value is -0.660. The van der Waals surface area contributed by atoms with Gasteiger partial charge in [-0.05, 0) is 19.8 Å². The van der Waals surface area contributed by atoms with E-state index in [-0.39, 0.29) is 30.9 Å². The molecular formula is C11H22N2O4S. The summed E-state index contributed by atoms with van der Waals surface area (Å²) in [6.45, 7) is 1.95. The lowest BCUT2D eigenvalue weighted by atomic mass is 9.92. The van der Waals surface area contributed by atoms with Crippen LogP contribution in [0, 0.1) is 0 Å². The molecule has 1 saturated carbocycles. The van der Waals surface area contributed by atoms with Crippen molar-refractivity contribution in [1.82, 2.24) is 4.72 Å².